The number of rotatable bonds is 3. The molecule has 0 aliphatic carbocycles. The molecule has 1 aromatic heterocycles. The van der Waals surface area contributed by atoms with E-state index < -0.39 is 0 Å². The molecule has 0 aliphatic heterocycles. The molecule has 0 radical (unpaired) electrons. The van der Waals surface area contributed by atoms with E-state index in [0.29, 0.717) is 5.89 Å². The van der Waals surface area contributed by atoms with E-state index in [1.54, 1.807) is 0 Å². The Morgan fingerprint density at radius 2 is 2.00 bits per heavy atom. The Bertz CT molecular complexity index is 751. The molecule has 0 saturated carbocycles. The lowest BCUT2D eigenvalue weighted by Gasteiger charge is -2.16. The minimum Gasteiger partial charge on any atom is -0.441 e. The number of hydrogen-bond donors (Lipinski definition) is 1. The van der Waals surface area contributed by atoms with Crippen molar-refractivity contribution in [3.63, 3.8) is 0 Å². The average Bonchev–Trinajstić information content (AvgIpc) is 2.78. The van der Waals surface area contributed by atoms with Crippen molar-refractivity contribution >= 4 is 28.4 Å². The van der Waals surface area contributed by atoms with Gasteiger partial charge in [-0.15, -0.1) is 0 Å². The van der Waals surface area contributed by atoms with Crippen LogP contribution in [0.4, 0.5) is 5.69 Å². The summed E-state index contributed by atoms with van der Waals surface area (Å²) in [6, 6.07) is 13.9. The van der Waals surface area contributed by atoms with Gasteiger partial charge in [0.25, 0.3) is 0 Å². The minimum atomic E-state index is 0.120. The van der Waals surface area contributed by atoms with Gasteiger partial charge in [0.05, 0.1) is 0 Å². The summed E-state index contributed by atoms with van der Waals surface area (Å²) in [6.45, 7) is 3.93. The van der Waals surface area contributed by atoms with Gasteiger partial charge in [-0.1, -0.05) is 29.8 Å². The summed E-state index contributed by atoms with van der Waals surface area (Å²) < 4.78 is 5.47. The highest BCUT2D eigenvalue weighted by Crippen LogP contribution is 2.27. The van der Waals surface area contributed by atoms with E-state index >= 15 is 0 Å². The van der Waals surface area contributed by atoms with Crippen molar-refractivity contribution in [1.82, 2.24) is 4.98 Å². The van der Waals surface area contributed by atoms with E-state index in [4.69, 9.17) is 16.0 Å². The fraction of sp³-hybridized carbons (Fsp3) is 0.188. The number of oxazole rings is 1. The largest absolute Gasteiger partial charge is 0.441 e. The van der Waals surface area contributed by atoms with E-state index in [0.717, 1.165) is 27.4 Å². The molecule has 102 valence electrons. The molecular weight excluding hydrogens is 272 g/mol. The Morgan fingerprint density at radius 1 is 1.20 bits per heavy atom. The van der Waals surface area contributed by atoms with E-state index in [9.17, 15) is 0 Å². The fourth-order valence-electron chi connectivity index (χ4n) is 2.29. The minimum absolute atomic E-state index is 0.120. The molecule has 3 nitrogen and oxygen atoms in total. The molecule has 2 aromatic carbocycles. The first kappa shape index (κ1) is 13.0. The quantitative estimate of drug-likeness (QED) is 0.739. The smallest absolute Gasteiger partial charge is 0.192 e. The van der Waals surface area contributed by atoms with Crippen LogP contribution < -0.4 is 5.32 Å². The number of aryl methyl sites for hydroxylation is 1. The molecule has 3 rings (SSSR count). The molecule has 1 atom stereocenters. The van der Waals surface area contributed by atoms with Crippen molar-refractivity contribution in [2.75, 3.05) is 5.32 Å². The van der Waals surface area contributed by atoms with Crippen molar-refractivity contribution in [1.29, 1.82) is 0 Å². The highest BCUT2D eigenvalue weighted by molar-refractivity contribution is 6.31. The second-order valence-corrected chi connectivity index (χ2v) is 5.21. The molecule has 0 fully saturated rings. The summed E-state index contributed by atoms with van der Waals surface area (Å²) in [4.78, 5) is 4.34. The molecule has 0 amide bonds. The van der Waals surface area contributed by atoms with E-state index in [1.807, 2.05) is 49.4 Å². The van der Waals surface area contributed by atoms with Crippen LogP contribution in [0.15, 0.2) is 46.9 Å². The maximum atomic E-state index is 6.22. The van der Waals surface area contributed by atoms with Crippen molar-refractivity contribution in [3.8, 4) is 0 Å². The number of nitrogens with one attached hydrogen (secondary N) is 1. The molecule has 1 heterocycles. The van der Waals surface area contributed by atoms with Crippen LogP contribution in [0.1, 0.15) is 24.4 Å². The summed E-state index contributed by atoms with van der Waals surface area (Å²) in [5.74, 6) is 0.677. The molecule has 20 heavy (non-hydrogen) atoms. The van der Waals surface area contributed by atoms with E-state index in [1.165, 1.54) is 0 Å². The third-order valence-electron chi connectivity index (χ3n) is 3.25. The van der Waals surface area contributed by atoms with Crippen LogP contribution in [0.3, 0.4) is 0 Å². The number of halogens is 1. The zero-order valence-corrected chi connectivity index (χ0v) is 12.1. The molecule has 0 bridgehead atoms. The lowest BCUT2D eigenvalue weighted by atomic mass is 10.1. The first-order valence-corrected chi connectivity index (χ1v) is 6.89. The van der Waals surface area contributed by atoms with Crippen molar-refractivity contribution in [2.24, 2.45) is 0 Å². The van der Waals surface area contributed by atoms with Crippen LogP contribution >= 0.6 is 11.6 Å². The number of hydrogen-bond acceptors (Lipinski definition) is 3. The number of aromatic nitrogens is 1. The van der Waals surface area contributed by atoms with Crippen molar-refractivity contribution < 1.29 is 4.42 Å². The number of nitrogens with zero attached hydrogens (tertiary/aromatic N) is 1. The Balaban J connectivity index is 1.87. The van der Waals surface area contributed by atoms with Gasteiger partial charge in [-0.25, -0.2) is 4.98 Å². The van der Waals surface area contributed by atoms with Crippen LogP contribution in [0.25, 0.3) is 11.1 Å². The van der Waals surface area contributed by atoms with Gasteiger partial charge in [-0.2, -0.15) is 0 Å². The third kappa shape index (κ3) is 2.49. The molecule has 0 saturated heterocycles. The van der Waals surface area contributed by atoms with Crippen molar-refractivity contribution in [3.05, 3.63) is 58.9 Å². The van der Waals surface area contributed by atoms with Crippen LogP contribution in [0.2, 0.25) is 5.02 Å². The summed E-state index contributed by atoms with van der Waals surface area (Å²) >= 11 is 6.22. The van der Waals surface area contributed by atoms with Gasteiger partial charge in [0, 0.05) is 23.7 Å². The first-order valence-electron chi connectivity index (χ1n) is 6.51. The Labute approximate surface area is 122 Å². The van der Waals surface area contributed by atoms with Crippen LogP contribution in [-0.4, -0.2) is 4.98 Å². The highest BCUT2D eigenvalue weighted by atomic mass is 35.5. The fourth-order valence-corrected chi connectivity index (χ4v) is 2.59. The van der Waals surface area contributed by atoms with Gasteiger partial charge in [0.1, 0.15) is 5.52 Å². The summed E-state index contributed by atoms with van der Waals surface area (Å²) in [5, 5.41) is 4.20. The summed E-state index contributed by atoms with van der Waals surface area (Å²) in [7, 11) is 0. The monoisotopic (exact) mass is 286 g/mol. The lowest BCUT2D eigenvalue weighted by molar-refractivity contribution is 0.561. The standard InChI is InChI=1S/C16H15ClN2O/c1-10(13-5-3-4-6-14(13)17)18-12-7-8-16-15(9-12)19-11(2)20-16/h3-10,18H,1-2H3. The summed E-state index contributed by atoms with van der Waals surface area (Å²) in [5.41, 5.74) is 3.74. The average molecular weight is 287 g/mol. The van der Waals surface area contributed by atoms with Gasteiger partial charge in [-0.05, 0) is 36.8 Å². The molecule has 1 N–H and O–H groups in total. The lowest BCUT2D eigenvalue weighted by Crippen LogP contribution is -2.06. The predicted octanol–water partition coefficient (Wildman–Crippen LogP) is 4.96. The van der Waals surface area contributed by atoms with Crippen LogP contribution in [0.5, 0.6) is 0 Å². The zero-order chi connectivity index (χ0) is 14.1. The Kier molecular flexibility index (Phi) is 3.36. The van der Waals surface area contributed by atoms with Crippen molar-refractivity contribution in [2.45, 2.75) is 19.9 Å². The van der Waals surface area contributed by atoms with Gasteiger partial charge >= 0.3 is 0 Å². The maximum Gasteiger partial charge on any atom is 0.192 e. The molecular formula is C16H15ClN2O. The second kappa shape index (κ2) is 5.17. The number of anilines is 1. The molecule has 4 heteroatoms. The normalized spacial score (nSPS) is 12.6. The number of benzene rings is 2. The summed E-state index contributed by atoms with van der Waals surface area (Å²) in [6.07, 6.45) is 0. The molecule has 0 spiro atoms. The first-order chi connectivity index (χ1) is 9.63. The topological polar surface area (TPSA) is 38.1 Å². The van der Waals surface area contributed by atoms with Gasteiger partial charge < -0.3 is 9.73 Å². The number of fused-ring (bicyclic) bond motifs is 1. The van der Waals surface area contributed by atoms with E-state index in [-0.39, 0.29) is 6.04 Å². The molecule has 3 aromatic rings. The van der Waals surface area contributed by atoms with Crippen LogP contribution in [-0.2, 0) is 0 Å². The molecule has 1 unspecified atom stereocenters. The Hall–Kier alpha value is -2.00. The van der Waals surface area contributed by atoms with Crippen LogP contribution in [0, 0.1) is 6.92 Å². The Morgan fingerprint density at radius 3 is 2.80 bits per heavy atom. The van der Waals surface area contributed by atoms with Gasteiger partial charge in [0.15, 0.2) is 11.5 Å². The van der Waals surface area contributed by atoms with E-state index in [2.05, 4.69) is 17.2 Å². The van der Waals surface area contributed by atoms with Gasteiger partial charge in [0.2, 0.25) is 0 Å². The maximum absolute atomic E-state index is 6.22. The second-order valence-electron chi connectivity index (χ2n) is 4.80. The zero-order valence-electron chi connectivity index (χ0n) is 11.4. The van der Waals surface area contributed by atoms with Gasteiger partial charge in [-0.3, -0.25) is 0 Å². The third-order valence-corrected chi connectivity index (χ3v) is 3.59. The highest BCUT2D eigenvalue weighted by Gasteiger charge is 2.10. The SMILES string of the molecule is Cc1nc2cc(NC(C)c3ccccc3Cl)ccc2o1. The predicted molar refractivity (Wildman–Crippen MR) is 82.2 cm³/mol. The molecule has 0 aliphatic rings.